The summed E-state index contributed by atoms with van der Waals surface area (Å²) in [5.74, 6) is -1.68. The smallest absolute Gasteiger partial charge is 0.326 e. The Balaban J connectivity index is 2.43. The van der Waals surface area contributed by atoms with Crippen molar-refractivity contribution in [1.82, 2.24) is 0 Å². The van der Waals surface area contributed by atoms with Gasteiger partial charge < -0.3 is 5.11 Å². The molecular formula is C13H12N2O4S. The van der Waals surface area contributed by atoms with Crippen molar-refractivity contribution < 1.29 is 14.7 Å². The number of rotatable bonds is 4. The van der Waals surface area contributed by atoms with Gasteiger partial charge >= 0.3 is 5.97 Å². The average Bonchev–Trinajstić information content (AvgIpc) is 2.45. The molecule has 7 heteroatoms. The topological polar surface area (TPSA) is 87.0 Å². The fourth-order valence-corrected chi connectivity index (χ4v) is 2.52. The standard InChI is InChI=1S/C13H12N2O4S/c1-8(20-14-19)12(16)15-10-5-3-2-4-9(10)6-7-11(15)13(17)18/h2-5,11H,1,6-7H2,(H,17,18)/t11-/m0/s1. The normalized spacial score (nSPS) is 17.2. The minimum Gasteiger partial charge on any atom is -0.480 e. The number of aliphatic carboxylic acids is 1. The van der Waals surface area contributed by atoms with Crippen molar-refractivity contribution in [3.63, 3.8) is 0 Å². The van der Waals surface area contributed by atoms with Crippen LogP contribution in [0.4, 0.5) is 5.69 Å². The van der Waals surface area contributed by atoms with Gasteiger partial charge in [-0.3, -0.25) is 9.69 Å². The van der Waals surface area contributed by atoms with Gasteiger partial charge in [-0.05, 0) is 24.5 Å². The van der Waals surface area contributed by atoms with Crippen LogP contribution in [0.2, 0.25) is 0 Å². The molecule has 0 fully saturated rings. The molecule has 0 bridgehead atoms. The van der Waals surface area contributed by atoms with Crippen LogP contribution in [0, 0.1) is 4.91 Å². The molecule has 0 aliphatic carbocycles. The molecule has 1 aromatic rings. The number of anilines is 1. The van der Waals surface area contributed by atoms with Crippen LogP contribution in [0.3, 0.4) is 0 Å². The molecule has 0 saturated heterocycles. The quantitative estimate of drug-likeness (QED) is 0.523. The van der Waals surface area contributed by atoms with E-state index >= 15 is 0 Å². The van der Waals surface area contributed by atoms with Crippen LogP contribution in [0.25, 0.3) is 0 Å². The SMILES string of the molecule is C=C(SN=O)C(=O)N1c2ccccc2CC[C@H]1C(=O)O. The number of carboxylic acids is 1. The molecule has 0 aromatic heterocycles. The molecule has 1 atom stereocenters. The molecule has 0 saturated carbocycles. The molecule has 0 unspecified atom stereocenters. The fourth-order valence-electron chi connectivity index (χ4n) is 2.25. The second-order valence-electron chi connectivity index (χ2n) is 4.29. The Bertz CT molecular complexity index is 587. The molecule has 1 N–H and O–H groups in total. The predicted octanol–water partition coefficient (Wildman–Crippen LogP) is 2.35. The highest BCUT2D eigenvalue weighted by Gasteiger charge is 2.36. The van der Waals surface area contributed by atoms with Crippen molar-refractivity contribution in [2.24, 2.45) is 4.58 Å². The minimum absolute atomic E-state index is 0.0945. The number of fused-ring (bicyclic) bond motifs is 1. The maximum absolute atomic E-state index is 12.3. The summed E-state index contributed by atoms with van der Waals surface area (Å²) in [5.41, 5.74) is 1.44. The third-order valence-electron chi connectivity index (χ3n) is 3.14. The summed E-state index contributed by atoms with van der Waals surface area (Å²) in [6.07, 6.45) is 0.910. The minimum atomic E-state index is -1.08. The zero-order valence-electron chi connectivity index (χ0n) is 10.5. The van der Waals surface area contributed by atoms with Crippen molar-refractivity contribution in [3.8, 4) is 0 Å². The summed E-state index contributed by atoms with van der Waals surface area (Å²) in [4.78, 5) is 35.0. The summed E-state index contributed by atoms with van der Waals surface area (Å²) < 4.78 is 2.55. The number of carboxylic acid groups (broad SMARTS) is 1. The van der Waals surface area contributed by atoms with E-state index in [2.05, 4.69) is 11.2 Å². The summed E-state index contributed by atoms with van der Waals surface area (Å²) in [5, 5.41) is 9.28. The first-order valence-corrected chi connectivity index (χ1v) is 6.66. The van der Waals surface area contributed by atoms with Gasteiger partial charge in [-0.15, -0.1) is 4.91 Å². The number of aryl methyl sites for hydroxylation is 1. The lowest BCUT2D eigenvalue weighted by atomic mass is 9.95. The second-order valence-corrected chi connectivity index (χ2v) is 5.11. The number of benzene rings is 1. The molecule has 1 aliphatic rings. The number of carbonyl (C=O) groups excluding carboxylic acids is 1. The van der Waals surface area contributed by atoms with Gasteiger partial charge in [0.05, 0.1) is 16.9 Å². The second kappa shape index (κ2) is 5.87. The number of amides is 1. The molecule has 104 valence electrons. The van der Waals surface area contributed by atoms with E-state index in [0.29, 0.717) is 30.5 Å². The van der Waals surface area contributed by atoms with Crippen LogP contribution in [0.5, 0.6) is 0 Å². The van der Waals surface area contributed by atoms with E-state index in [4.69, 9.17) is 0 Å². The predicted molar refractivity (Wildman–Crippen MR) is 76.2 cm³/mol. The number of nitrogens with zero attached hydrogens (tertiary/aromatic N) is 2. The number of nitroso groups, excluding NO2 is 1. The van der Waals surface area contributed by atoms with E-state index in [1.807, 2.05) is 12.1 Å². The van der Waals surface area contributed by atoms with Crippen molar-refractivity contribution in [2.45, 2.75) is 18.9 Å². The Morgan fingerprint density at radius 1 is 1.40 bits per heavy atom. The van der Waals surface area contributed by atoms with Crippen molar-refractivity contribution >= 4 is 29.5 Å². The van der Waals surface area contributed by atoms with Gasteiger partial charge in [-0.1, -0.05) is 24.8 Å². The largest absolute Gasteiger partial charge is 0.480 e. The van der Waals surface area contributed by atoms with Crippen LogP contribution in [0.1, 0.15) is 12.0 Å². The van der Waals surface area contributed by atoms with Crippen LogP contribution < -0.4 is 4.90 Å². The van der Waals surface area contributed by atoms with E-state index in [1.54, 1.807) is 12.1 Å². The first kappa shape index (κ1) is 14.3. The molecule has 0 radical (unpaired) electrons. The van der Waals surface area contributed by atoms with Crippen LogP contribution in [-0.2, 0) is 16.0 Å². The van der Waals surface area contributed by atoms with Crippen LogP contribution in [-0.4, -0.2) is 23.0 Å². The van der Waals surface area contributed by atoms with E-state index in [9.17, 15) is 19.6 Å². The lowest BCUT2D eigenvalue weighted by Crippen LogP contribution is -2.48. The van der Waals surface area contributed by atoms with Crippen molar-refractivity contribution in [1.29, 1.82) is 0 Å². The molecule has 1 heterocycles. The molecule has 0 spiro atoms. The van der Waals surface area contributed by atoms with E-state index in [-0.39, 0.29) is 4.91 Å². The molecule has 6 nitrogen and oxygen atoms in total. The molecule has 1 aliphatic heterocycles. The summed E-state index contributed by atoms with van der Waals surface area (Å²) in [6, 6.07) is 6.15. The number of para-hydroxylation sites is 1. The Kier molecular flexibility index (Phi) is 4.19. The number of carbonyl (C=O) groups is 2. The molecular weight excluding hydrogens is 280 g/mol. The lowest BCUT2D eigenvalue weighted by Gasteiger charge is -2.34. The van der Waals surface area contributed by atoms with Gasteiger partial charge in [0, 0.05) is 10.3 Å². The summed E-state index contributed by atoms with van der Waals surface area (Å²) in [6.45, 7) is 3.47. The summed E-state index contributed by atoms with van der Waals surface area (Å²) >= 11 is 0.412. The van der Waals surface area contributed by atoms with Gasteiger partial charge in [0.25, 0.3) is 5.91 Å². The van der Waals surface area contributed by atoms with Gasteiger partial charge in [0.1, 0.15) is 6.04 Å². The Hall–Kier alpha value is -2.15. The molecule has 20 heavy (non-hydrogen) atoms. The summed E-state index contributed by atoms with van der Waals surface area (Å²) in [7, 11) is 0. The maximum atomic E-state index is 12.3. The van der Waals surface area contributed by atoms with Gasteiger partial charge in [0.15, 0.2) is 0 Å². The highest BCUT2D eigenvalue weighted by molar-refractivity contribution is 8.02. The Morgan fingerprint density at radius 3 is 2.75 bits per heavy atom. The van der Waals surface area contributed by atoms with Crippen molar-refractivity contribution in [3.05, 3.63) is 46.2 Å². The van der Waals surface area contributed by atoms with Gasteiger partial charge in [-0.25, -0.2) is 4.79 Å². The third-order valence-corrected chi connectivity index (χ3v) is 3.61. The first-order valence-electron chi connectivity index (χ1n) is 5.89. The van der Waals surface area contributed by atoms with E-state index in [1.165, 1.54) is 4.90 Å². The number of hydrogen-bond donors (Lipinski definition) is 1. The Labute approximate surface area is 119 Å². The zero-order valence-corrected chi connectivity index (χ0v) is 11.3. The average molecular weight is 292 g/mol. The maximum Gasteiger partial charge on any atom is 0.326 e. The van der Waals surface area contributed by atoms with Gasteiger partial charge in [0.2, 0.25) is 0 Å². The number of hydrogen-bond acceptors (Lipinski definition) is 5. The van der Waals surface area contributed by atoms with Crippen molar-refractivity contribution in [2.75, 3.05) is 4.90 Å². The highest BCUT2D eigenvalue weighted by Crippen LogP contribution is 2.33. The monoisotopic (exact) mass is 292 g/mol. The molecule has 2 rings (SSSR count). The van der Waals surface area contributed by atoms with Crippen LogP contribution >= 0.6 is 11.9 Å². The zero-order chi connectivity index (χ0) is 14.7. The highest BCUT2D eigenvalue weighted by atomic mass is 32.2. The molecule has 1 aromatic carbocycles. The molecule has 1 amide bonds. The van der Waals surface area contributed by atoms with E-state index in [0.717, 1.165) is 5.56 Å². The van der Waals surface area contributed by atoms with E-state index < -0.39 is 17.9 Å². The van der Waals surface area contributed by atoms with Gasteiger partial charge in [-0.2, -0.15) is 0 Å². The third kappa shape index (κ3) is 2.57. The Morgan fingerprint density at radius 2 is 2.10 bits per heavy atom. The lowest BCUT2D eigenvalue weighted by molar-refractivity contribution is -0.140. The van der Waals surface area contributed by atoms with Crippen LogP contribution in [0.15, 0.2) is 40.3 Å². The fraction of sp³-hybridized carbons (Fsp3) is 0.231. The first-order chi connectivity index (χ1) is 9.56.